The van der Waals surface area contributed by atoms with E-state index in [0.29, 0.717) is 5.25 Å². The summed E-state index contributed by atoms with van der Waals surface area (Å²) in [5.41, 5.74) is 2.40. The molecule has 74 valence electrons. The fraction of sp³-hybridized carbons (Fsp3) is 0.364. The Morgan fingerprint density at radius 2 is 2.07 bits per heavy atom. The number of nitrogens with one attached hydrogen (secondary N) is 1. The van der Waals surface area contributed by atoms with Gasteiger partial charge in [0.05, 0.1) is 6.54 Å². The van der Waals surface area contributed by atoms with Gasteiger partial charge in [0, 0.05) is 10.9 Å². The predicted molar refractivity (Wildman–Crippen MR) is 64.2 cm³/mol. The van der Waals surface area contributed by atoms with E-state index in [4.69, 9.17) is 0 Å². The summed E-state index contributed by atoms with van der Waals surface area (Å²) in [5.74, 6) is 0. The minimum atomic E-state index is 0.614. The Hall–Kier alpha value is -0.960. The van der Waals surface area contributed by atoms with Gasteiger partial charge in [-0.2, -0.15) is 0 Å². The van der Waals surface area contributed by atoms with Gasteiger partial charge in [0.2, 0.25) is 0 Å². The first-order chi connectivity index (χ1) is 6.74. The summed E-state index contributed by atoms with van der Waals surface area (Å²) in [7, 11) is 0. The summed E-state index contributed by atoms with van der Waals surface area (Å²) in [6.07, 6.45) is 0. The third-order valence-corrected chi connectivity index (χ3v) is 3.11. The van der Waals surface area contributed by atoms with Crippen molar-refractivity contribution >= 4 is 22.6 Å². The maximum absolute atomic E-state index is 4.40. The van der Waals surface area contributed by atoms with Crippen molar-refractivity contribution in [2.24, 2.45) is 4.99 Å². The number of anilines is 1. The van der Waals surface area contributed by atoms with Crippen LogP contribution in [0.1, 0.15) is 12.5 Å². The maximum Gasteiger partial charge on any atom is 0.161 e. The Balaban J connectivity index is 2.01. The minimum Gasteiger partial charge on any atom is -0.335 e. The quantitative estimate of drug-likeness (QED) is 0.764. The van der Waals surface area contributed by atoms with Crippen LogP contribution in [0, 0.1) is 6.92 Å². The third-order valence-electron chi connectivity index (χ3n) is 2.11. The molecule has 0 amide bonds. The Bertz CT molecular complexity index is 343. The van der Waals surface area contributed by atoms with E-state index < -0.39 is 0 Å². The largest absolute Gasteiger partial charge is 0.335 e. The molecule has 1 aromatic rings. The molecule has 0 bridgehead atoms. The molecule has 0 saturated heterocycles. The number of aliphatic imine (C=N–C) groups is 1. The van der Waals surface area contributed by atoms with Gasteiger partial charge < -0.3 is 5.32 Å². The highest BCUT2D eigenvalue weighted by atomic mass is 32.2. The Morgan fingerprint density at radius 3 is 2.64 bits per heavy atom. The normalized spacial score (nSPS) is 20.7. The van der Waals surface area contributed by atoms with Crippen LogP contribution in [0.3, 0.4) is 0 Å². The zero-order valence-electron chi connectivity index (χ0n) is 8.45. The molecule has 14 heavy (non-hydrogen) atoms. The summed E-state index contributed by atoms with van der Waals surface area (Å²) >= 11 is 1.80. The molecule has 1 atom stereocenters. The molecule has 1 heterocycles. The molecule has 2 rings (SSSR count). The molecule has 1 aliphatic rings. The van der Waals surface area contributed by atoms with E-state index in [2.05, 4.69) is 48.4 Å². The average Bonchev–Trinajstić information content (AvgIpc) is 2.56. The number of aryl methyl sites for hydroxylation is 1. The van der Waals surface area contributed by atoms with Gasteiger partial charge >= 0.3 is 0 Å². The molecule has 0 spiro atoms. The maximum atomic E-state index is 4.40. The first kappa shape index (κ1) is 9.59. The van der Waals surface area contributed by atoms with Crippen LogP contribution in [0.25, 0.3) is 0 Å². The Morgan fingerprint density at radius 1 is 1.36 bits per heavy atom. The van der Waals surface area contributed by atoms with Gasteiger partial charge in [0.25, 0.3) is 0 Å². The van der Waals surface area contributed by atoms with Gasteiger partial charge in [-0.25, -0.2) is 0 Å². The smallest absolute Gasteiger partial charge is 0.161 e. The highest BCUT2D eigenvalue weighted by Crippen LogP contribution is 2.21. The van der Waals surface area contributed by atoms with Crippen LogP contribution >= 0.6 is 11.8 Å². The highest BCUT2D eigenvalue weighted by Gasteiger charge is 2.14. The molecule has 2 nitrogen and oxygen atoms in total. The molecule has 0 saturated carbocycles. The van der Waals surface area contributed by atoms with Gasteiger partial charge in [0.1, 0.15) is 0 Å². The number of thioether (sulfide) groups is 1. The number of hydrogen-bond acceptors (Lipinski definition) is 3. The van der Waals surface area contributed by atoms with E-state index in [1.165, 1.54) is 5.56 Å². The van der Waals surface area contributed by atoms with E-state index in [-0.39, 0.29) is 0 Å². The van der Waals surface area contributed by atoms with Crippen LogP contribution < -0.4 is 5.32 Å². The lowest BCUT2D eigenvalue weighted by atomic mass is 10.2. The minimum absolute atomic E-state index is 0.614. The average molecular weight is 206 g/mol. The van der Waals surface area contributed by atoms with Crippen LogP contribution in [0.2, 0.25) is 0 Å². The molecule has 0 aromatic heterocycles. The second kappa shape index (κ2) is 4.05. The number of hydrogen-bond donors (Lipinski definition) is 1. The summed E-state index contributed by atoms with van der Waals surface area (Å²) in [5, 5.41) is 4.97. The van der Waals surface area contributed by atoms with E-state index >= 15 is 0 Å². The van der Waals surface area contributed by atoms with Crippen molar-refractivity contribution in [1.82, 2.24) is 0 Å². The summed E-state index contributed by atoms with van der Waals surface area (Å²) in [6, 6.07) is 8.38. The molecule has 1 aliphatic heterocycles. The molecule has 0 fully saturated rings. The van der Waals surface area contributed by atoms with Crippen LogP contribution in [0.5, 0.6) is 0 Å². The topological polar surface area (TPSA) is 24.4 Å². The van der Waals surface area contributed by atoms with Crippen molar-refractivity contribution in [2.45, 2.75) is 19.1 Å². The Labute approximate surface area is 88.8 Å². The molecular formula is C11H14N2S. The van der Waals surface area contributed by atoms with Crippen molar-refractivity contribution in [3.8, 4) is 0 Å². The Kier molecular flexibility index (Phi) is 2.77. The van der Waals surface area contributed by atoms with Crippen molar-refractivity contribution in [3.05, 3.63) is 29.8 Å². The molecule has 1 aromatic carbocycles. The van der Waals surface area contributed by atoms with Gasteiger partial charge in [-0.05, 0) is 19.1 Å². The van der Waals surface area contributed by atoms with E-state index in [1.54, 1.807) is 11.8 Å². The van der Waals surface area contributed by atoms with Gasteiger partial charge in [-0.15, -0.1) is 0 Å². The van der Waals surface area contributed by atoms with Gasteiger partial charge in [-0.3, -0.25) is 4.99 Å². The fourth-order valence-electron chi connectivity index (χ4n) is 1.31. The predicted octanol–water partition coefficient (Wildman–Crippen LogP) is 2.90. The molecule has 1 N–H and O–H groups in total. The standard InChI is InChI=1S/C11H14N2S/c1-8-3-5-10(6-4-8)13-11-12-7-9(2)14-11/h3-6,9H,7H2,1-2H3,(H,12,13)/t9-/m1/s1. The summed E-state index contributed by atoms with van der Waals surface area (Å²) in [4.78, 5) is 4.40. The lowest BCUT2D eigenvalue weighted by molar-refractivity contribution is 0.976. The lowest BCUT2D eigenvalue weighted by Crippen LogP contribution is -2.05. The number of rotatable bonds is 1. The third kappa shape index (κ3) is 2.29. The summed E-state index contributed by atoms with van der Waals surface area (Å²) in [6.45, 7) is 5.21. The lowest BCUT2D eigenvalue weighted by Gasteiger charge is -2.05. The first-order valence-electron chi connectivity index (χ1n) is 4.79. The van der Waals surface area contributed by atoms with Crippen molar-refractivity contribution in [3.63, 3.8) is 0 Å². The SMILES string of the molecule is Cc1ccc(NC2=NC[C@@H](C)S2)cc1. The van der Waals surface area contributed by atoms with Crippen molar-refractivity contribution in [2.75, 3.05) is 11.9 Å². The molecular weight excluding hydrogens is 192 g/mol. The van der Waals surface area contributed by atoms with E-state index in [1.807, 2.05) is 0 Å². The second-order valence-electron chi connectivity index (χ2n) is 3.57. The zero-order valence-corrected chi connectivity index (χ0v) is 9.27. The van der Waals surface area contributed by atoms with Crippen LogP contribution in [-0.4, -0.2) is 17.0 Å². The van der Waals surface area contributed by atoms with Crippen LogP contribution in [0.4, 0.5) is 5.69 Å². The van der Waals surface area contributed by atoms with E-state index in [0.717, 1.165) is 17.4 Å². The number of benzene rings is 1. The summed E-state index contributed by atoms with van der Waals surface area (Å²) < 4.78 is 0. The first-order valence-corrected chi connectivity index (χ1v) is 5.67. The monoisotopic (exact) mass is 206 g/mol. The highest BCUT2D eigenvalue weighted by molar-refractivity contribution is 8.15. The molecule has 0 aliphatic carbocycles. The van der Waals surface area contributed by atoms with E-state index in [9.17, 15) is 0 Å². The van der Waals surface area contributed by atoms with Gasteiger partial charge in [-0.1, -0.05) is 36.4 Å². The number of amidine groups is 1. The van der Waals surface area contributed by atoms with Crippen LogP contribution in [0.15, 0.2) is 29.3 Å². The van der Waals surface area contributed by atoms with Crippen molar-refractivity contribution < 1.29 is 0 Å². The van der Waals surface area contributed by atoms with Crippen LogP contribution in [-0.2, 0) is 0 Å². The fourth-order valence-corrected chi connectivity index (χ4v) is 2.16. The molecule has 0 unspecified atom stereocenters. The number of nitrogens with zero attached hydrogens (tertiary/aromatic N) is 1. The second-order valence-corrected chi connectivity index (χ2v) is 4.99. The van der Waals surface area contributed by atoms with Crippen molar-refractivity contribution in [1.29, 1.82) is 0 Å². The molecule has 3 heteroatoms. The zero-order chi connectivity index (χ0) is 9.97. The molecule has 0 radical (unpaired) electrons. The van der Waals surface area contributed by atoms with Gasteiger partial charge in [0.15, 0.2) is 5.17 Å².